The average molecular weight is 464 g/mol. The molecule has 9 heteroatoms. The molecule has 1 unspecified atom stereocenters. The van der Waals surface area contributed by atoms with Gasteiger partial charge in [-0.25, -0.2) is 4.98 Å². The number of fused-ring (bicyclic) bond motifs is 2. The third kappa shape index (κ3) is 4.50. The second kappa shape index (κ2) is 9.61. The molecule has 2 aromatic heterocycles. The molecule has 1 aliphatic rings. The predicted octanol–water partition coefficient (Wildman–Crippen LogP) is 3.48. The Bertz CT molecular complexity index is 1350. The zero-order chi connectivity index (χ0) is 24.4. The predicted molar refractivity (Wildman–Crippen MR) is 136 cm³/mol. The summed E-state index contributed by atoms with van der Waals surface area (Å²) in [7, 11) is 3.98. The number of rotatable bonds is 7. The molecule has 0 saturated carbocycles. The normalized spacial score (nSPS) is 15.3. The highest BCUT2D eigenvalue weighted by Gasteiger charge is 2.25. The van der Waals surface area contributed by atoms with E-state index in [1.807, 2.05) is 46.1 Å². The van der Waals surface area contributed by atoms with Crippen LogP contribution in [0, 0.1) is 11.3 Å². The Morgan fingerprint density at radius 3 is 2.74 bits per heavy atom. The Labute approximate surface area is 201 Å². The summed E-state index contributed by atoms with van der Waals surface area (Å²) in [6.45, 7) is 4.79. The van der Waals surface area contributed by atoms with Gasteiger partial charge in [-0.1, -0.05) is 19.9 Å². The number of hydrogen-bond donors (Lipinski definition) is 2. The highest BCUT2D eigenvalue weighted by atomic mass is 16.2. The van der Waals surface area contributed by atoms with Crippen molar-refractivity contribution in [2.75, 3.05) is 26.0 Å². The number of nitriles is 1. The summed E-state index contributed by atoms with van der Waals surface area (Å²) in [6, 6.07) is 9.20. The van der Waals surface area contributed by atoms with E-state index in [0.29, 0.717) is 28.2 Å². The first kappa shape index (κ1) is 23.4. The third-order valence-corrected chi connectivity index (χ3v) is 6.20. The number of nitrogens with zero attached hydrogens (tertiary/aromatic N) is 5. The van der Waals surface area contributed by atoms with Crippen LogP contribution in [-0.4, -0.2) is 52.0 Å². The van der Waals surface area contributed by atoms with E-state index in [-0.39, 0.29) is 32.0 Å². The quantitative estimate of drug-likeness (QED) is 0.551. The minimum Gasteiger partial charge on any atom is -0.348 e. The molecule has 0 spiro atoms. The van der Waals surface area contributed by atoms with Crippen LogP contribution in [0.15, 0.2) is 35.3 Å². The molecule has 4 rings (SSSR count). The number of benzene rings is 1. The van der Waals surface area contributed by atoms with Crippen LogP contribution in [0.2, 0.25) is 0 Å². The molecular weight excluding hydrogens is 430 g/mol. The van der Waals surface area contributed by atoms with Crippen molar-refractivity contribution in [3.05, 3.63) is 57.5 Å². The maximum atomic E-state index is 12.9. The first-order chi connectivity index (χ1) is 16.3. The second-order valence-electron chi connectivity index (χ2n) is 8.92. The van der Waals surface area contributed by atoms with E-state index in [1.54, 1.807) is 16.8 Å². The summed E-state index contributed by atoms with van der Waals surface area (Å²) in [4.78, 5) is 36.7. The van der Waals surface area contributed by atoms with Crippen LogP contribution in [0.4, 0.5) is 11.6 Å². The number of aromatic nitrogens is 3. The topological polar surface area (TPSA) is 116 Å². The molecule has 0 bridgehead atoms. The Hall–Kier alpha value is -3.77. The highest BCUT2D eigenvalue weighted by molar-refractivity contribution is 5.98. The number of amides is 1. The van der Waals surface area contributed by atoms with Gasteiger partial charge in [0.1, 0.15) is 17.3 Å². The molecule has 1 aromatic carbocycles. The van der Waals surface area contributed by atoms with Gasteiger partial charge in [-0.3, -0.25) is 14.2 Å². The van der Waals surface area contributed by atoms with Crippen molar-refractivity contribution in [1.29, 1.82) is 5.26 Å². The van der Waals surface area contributed by atoms with Crippen molar-refractivity contribution in [3.8, 4) is 6.07 Å². The number of carbonyl (C=O) groups excluding carboxylic acids is 1. The fraction of sp³-hybridized carbons (Fsp3) is 0.400. The standard InChI is InChI=1S/C25H29N7O2.2H2/c1-5-20(6-2)32-22-17(9-16(12-26)24(32)34)13-27-25(30-22)29-18-8-7-15-10-19(14-31(3)4)28-23(33)21(15)11-18;;/h7-9,11,13,19-20H,5-6,10,14H2,1-4H3,(H,28,33)(H,27,29,30);2*1H. The van der Waals surface area contributed by atoms with Crippen molar-refractivity contribution in [2.45, 2.75) is 45.2 Å². The third-order valence-electron chi connectivity index (χ3n) is 6.20. The summed E-state index contributed by atoms with van der Waals surface area (Å²) >= 11 is 0. The van der Waals surface area contributed by atoms with E-state index in [9.17, 15) is 14.9 Å². The lowest BCUT2D eigenvalue weighted by atomic mass is 9.94. The van der Waals surface area contributed by atoms with E-state index in [4.69, 9.17) is 0 Å². The van der Waals surface area contributed by atoms with Crippen LogP contribution in [0.3, 0.4) is 0 Å². The maximum absolute atomic E-state index is 12.9. The largest absolute Gasteiger partial charge is 0.348 e. The van der Waals surface area contributed by atoms with Gasteiger partial charge in [0.25, 0.3) is 11.5 Å². The van der Waals surface area contributed by atoms with Crippen LogP contribution in [0.25, 0.3) is 11.0 Å². The van der Waals surface area contributed by atoms with Crippen molar-refractivity contribution >= 4 is 28.6 Å². The lowest BCUT2D eigenvalue weighted by Gasteiger charge is -2.28. The van der Waals surface area contributed by atoms with Crippen LogP contribution >= 0.6 is 0 Å². The number of pyridine rings is 1. The first-order valence-corrected chi connectivity index (χ1v) is 11.5. The van der Waals surface area contributed by atoms with Gasteiger partial charge in [0, 0.05) is 44.3 Å². The SMILES string of the molecule is CCC(CC)n1c(=O)c(C#N)cc2cnc(Nc3ccc4c(c3)C(=O)NC(CN(C)C)C4)nc21.[HH].[HH]. The highest BCUT2D eigenvalue weighted by Crippen LogP contribution is 2.25. The summed E-state index contributed by atoms with van der Waals surface area (Å²) < 4.78 is 1.60. The summed E-state index contributed by atoms with van der Waals surface area (Å²) in [5.74, 6) is 0.223. The molecule has 1 amide bonds. The second-order valence-corrected chi connectivity index (χ2v) is 8.92. The number of anilines is 2. The van der Waals surface area contributed by atoms with Crippen molar-refractivity contribution < 1.29 is 7.65 Å². The molecule has 0 fully saturated rings. The van der Waals surface area contributed by atoms with E-state index < -0.39 is 0 Å². The van der Waals surface area contributed by atoms with Gasteiger partial charge in [0.2, 0.25) is 5.95 Å². The fourth-order valence-electron chi connectivity index (χ4n) is 4.56. The minimum atomic E-state index is -0.342. The van der Waals surface area contributed by atoms with Gasteiger partial charge in [-0.05, 0) is 57.1 Å². The van der Waals surface area contributed by atoms with Gasteiger partial charge in [-0.15, -0.1) is 0 Å². The minimum absolute atomic E-state index is 0. The number of nitrogens with one attached hydrogen (secondary N) is 2. The van der Waals surface area contributed by atoms with Gasteiger partial charge in [0.15, 0.2) is 0 Å². The van der Waals surface area contributed by atoms with Gasteiger partial charge in [0.05, 0.1) is 0 Å². The Morgan fingerprint density at radius 2 is 2.06 bits per heavy atom. The maximum Gasteiger partial charge on any atom is 0.270 e. The van der Waals surface area contributed by atoms with E-state index in [2.05, 4.69) is 25.5 Å². The molecule has 1 atom stereocenters. The number of likely N-dealkylation sites (N-methyl/N-ethyl adjacent to an activating group) is 1. The number of hydrogen-bond acceptors (Lipinski definition) is 7. The van der Waals surface area contributed by atoms with Gasteiger partial charge in [-0.2, -0.15) is 10.2 Å². The van der Waals surface area contributed by atoms with Gasteiger partial charge >= 0.3 is 0 Å². The Kier molecular flexibility index (Phi) is 6.61. The fourth-order valence-corrected chi connectivity index (χ4v) is 4.56. The lowest BCUT2D eigenvalue weighted by Crippen LogP contribution is -2.46. The molecule has 34 heavy (non-hydrogen) atoms. The molecule has 180 valence electrons. The summed E-state index contributed by atoms with van der Waals surface area (Å²) in [5, 5.41) is 16.3. The van der Waals surface area contributed by atoms with Crippen molar-refractivity contribution in [3.63, 3.8) is 0 Å². The molecule has 0 saturated heterocycles. The van der Waals surface area contributed by atoms with E-state index in [0.717, 1.165) is 31.4 Å². The van der Waals surface area contributed by atoms with Crippen LogP contribution in [0.1, 0.15) is 57.1 Å². The molecular formula is C25H33N7O2. The Balaban J connectivity index is 0.00000228. The Morgan fingerprint density at radius 1 is 1.29 bits per heavy atom. The molecule has 3 aromatic rings. The lowest BCUT2D eigenvalue weighted by molar-refractivity contribution is 0.0917. The smallest absolute Gasteiger partial charge is 0.270 e. The molecule has 0 radical (unpaired) electrons. The molecule has 0 aliphatic carbocycles. The van der Waals surface area contributed by atoms with Crippen molar-refractivity contribution in [1.82, 2.24) is 24.8 Å². The molecule has 1 aliphatic heterocycles. The zero-order valence-electron chi connectivity index (χ0n) is 19.9. The van der Waals surface area contributed by atoms with E-state index >= 15 is 0 Å². The number of carbonyl (C=O) groups is 1. The van der Waals surface area contributed by atoms with E-state index in [1.165, 1.54) is 6.07 Å². The van der Waals surface area contributed by atoms with Crippen LogP contribution in [-0.2, 0) is 6.42 Å². The zero-order valence-corrected chi connectivity index (χ0v) is 19.9. The van der Waals surface area contributed by atoms with Crippen molar-refractivity contribution in [2.24, 2.45) is 0 Å². The summed E-state index contributed by atoms with van der Waals surface area (Å²) in [6.07, 6.45) is 3.86. The summed E-state index contributed by atoms with van der Waals surface area (Å²) in [5.41, 5.74) is 2.55. The average Bonchev–Trinajstić information content (AvgIpc) is 2.81. The molecule has 2 N–H and O–H groups in total. The first-order valence-electron chi connectivity index (χ1n) is 11.5. The monoisotopic (exact) mass is 463 g/mol. The van der Waals surface area contributed by atoms with Crippen LogP contribution < -0.4 is 16.2 Å². The van der Waals surface area contributed by atoms with Crippen LogP contribution in [0.5, 0.6) is 0 Å². The van der Waals surface area contributed by atoms with Gasteiger partial charge < -0.3 is 15.5 Å². The molecule has 3 heterocycles. The molecule has 9 nitrogen and oxygen atoms in total.